The van der Waals surface area contributed by atoms with Crippen molar-refractivity contribution < 1.29 is 4.92 Å². The molecule has 0 bridgehead atoms. The molecule has 2 fully saturated rings. The summed E-state index contributed by atoms with van der Waals surface area (Å²) in [5.74, 6) is 2.77. The fourth-order valence-electron chi connectivity index (χ4n) is 3.60. The summed E-state index contributed by atoms with van der Waals surface area (Å²) in [5.41, 5.74) is 0.205. The minimum atomic E-state index is -0.367. The molecule has 120 valence electrons. The van der Waals surface area contributed by atoms with Gasteiger partial charge in [-0.05, 0) is 18.9 Å². The number of thioether (sulfide) groups is 1. The standard InChI is InChI=1S/C15H22N4O2S/c20-19(21)13-4-3-7-16-14(13)17-12-15(5-1-2-6-15)18-8-10-22-11-9-18/h3-4,7H,1-2,5-6,8-12H2,(H,16,17). The first-order valence-corrected chi connectivity index (χ1v) is 9.03. The van der Waals surface area contributed by atoms with Gasteiger partial charge < -0.3 is 5.32 Å². The van der Waals surface area contributed by atoms with Crippen molar-refractivity contribution in [1.82, 2.24) is 9.88 Å². The second-order valence-corrected chi connectivity index (χ2v) is 7.24. The zero-order valence-corrected chi connectivity index (χ0v) is 13.5. The van der Waals surface area contributed by atoms with Gasteiger partial charge in [0.2, 0.25) is 5.82 Å². The van der Waals surface area contributed by atoms with Gasteiger partial charge in [-0.1, -0.05) is 12.8 Å². The van der Waals surface area contributed by atoms with Crippen molar-refractivity contribution in [3.63, 3.8) is 0 Å². The highest BCUT2D eigenvalue weighted by Crippen LogP contribution is 2.37. The van der Waals surface area contributed by atoms with Crippen LogP contribution in [0.1, 0.15) is 25.7 Å². The molecule has 1 aromatic rings. The van der Waals surface area contributed by atoms with Crippen LogP contribution in [0, 0.1) is 10.1 Å². The Kier molecular flexibility index (Phi) is 4.83. The predicted molar refractivity (Wildman–Crippen MR) is 89.5 cm³/mol. The van der Waals surface area contributed by atoms with Crippen LogP contribution < -0.4 is 5.32 Å². The largest absolute Gasteiger partial charge is 0.362 e. The first-order valence-electron chi connectivity index (χ1n) is 7.87. The van der Waals surface area contributed by atoms with Crippen LogP contribution in [0.15, 0.2) is 18.3 Å². The lowest BCUT2D eigenvalue weighted by Crippen LogP contribution is -2.54. The van der Waals surface area contributed by atoms with Crippen LogP contribution in [0.5, 0.6) is 0 Å². The highest BCUT2D eigenvalue weighted by Gasteiger charge is 2.40. The van der Waals surface area contributed by atoms with E-state index in [1.54, 1.807) is 12.3 Å². The van der Waals surface area contributed by atoms with Gasteiger partial charge in [-0.15, -0.1) is 0 Å². The van der Waals surface area contributed by atoms with Gasteiger partial charge in [-0.3, -0.25) is 15.0 Å². The van der Waals surface area contributed by atoms with E-state index in [0.717, 1.165) is 19.6 Å². The van der Waals surface area contributed by atoms with Gasteiger partial charge in [0, 0.05) is 48.9 Å². The molecule has 1 aromatic heterocycles. The smallest absolute Gasteiger partial charge is 0.311 e. The van der Waals surface area contributed by atoms with Crippen LogP contribution in [0.3, 0.4) is 0 Å². The molecule has 3 rings (SSSR count). The quantitative estimate of drug-likeness (QED) is 0.664. The van der Waals surface area contributed by atoms with Gasteiger partial charge in [-0.2, -0.15) is 11.8 Å². The van der Waals surface area contributed by atoms with Crippen LogP contribution in [0.25, 0.3) is 0 Å². The summed E-state index contributed by atoms with van der Waals surface area (Å²) in [7, 11) is 0. The van der Waals surface area contributed by atoms with E-state index in [4.69, 9.17) is 0 Å². The van der Waals surface area contributed by atoms with Gasteiger partial charge in [0.25, 0.3) is 0 Å². The van der Waals surface area contributed by atoms with E-state index in [1.165, 1.54) is 43.3 Å². The Morgan fingerprint density at radius 2 is 2.09 bits per heavy atom. The van der Waals surface area contributed by atoms with Gasteiger partial charge in [0.05, 0.1) is 4.92 Å². The van der Waals surface area contributed by atoms with E-state index in [1.807, 2.05) is 11.8 Å². The fraction of sp³-hybridized carbons (Fsp3) is 0.667. The number of nitrogens with one attached hydrogen (secondary N) is 1. The number of pyridine rings is 1. The van der Waals surface area contributed by atoms with Crippen molar-refractivity contribution in [1.29, 1.82) is 0 Å². The minimum absolute atomic E-state index is 0.0600. The van der Waals surface area contributed by atoms with E-state index in [-0.39, 0.29) is 16.1 Å². The van der Waals surface area contributed by atoms with Crippen LogP contribution in [-0.4, -0.2) is 51.5 Å². The molecule has 0 amide bonds. The number of aromatic nitrogens is 1. The predicted octanol–water partition coefficient (Wildman–Crippen LogP) is 2.76. The van der Waals surface area contributed by atoms with Crippen molar-refractivity contribution in [2.24, 2.45) is 0 Å². The molecule has 1 aliphatic heterocycles. The molecule has 7 heteroatoms. The molecule has 1 N–H and O–H groups in total. The second-order valence-electron chi connectivity index (χ2n) is 6.01. The molecule has 2 heterocycles. The first kappa shape index (κ1) is 15.6. The van der Waals surface area contributed by atoms with Crippen LogP contribution in [-0.2, 0) is 0 Å². The fourth-order valence-corrected chi connectivity index (χ4v) is 4.51. The second kappa shape index (κ2) is 6.83. The van der Waals surface area contributed by atoms with E-state index in [9.17, 15) is 10.1 Å². The maximum absolute atomic E-state index is 11.1. The third kappa shape index (κ3) is 3.20. The number of nitrogens with zero attached hydrogens (tertiary/aromatic N) is 3. The maximum Gasteiger partial charge on any atom is 0.311 e. The van der Waals surface area contributed by atoms with Crippen molar-refractivity contribution >= 4 is 23.3 Å². The highest BCUT2D eigenvalue weighted by atomic mass is 32.2. The molecule has 0 aromatic carbocycles. The Morgan fingerprint density at radius 1 is 1.36 bits per heavy atom. The van der Waals surface area contributed by atoms with E-state index in [0.29, 0.717) is 5.82 Å². The molecule has 1 aliphatic carbocycles. The molecule has 6 nitrogen and oxygen atoms in total. The van der Waals surface area contributed by atoms with Crippen LogP contribution in [0.4, 0.5) is 11.5 Å². The summed E-state index contributed by atoms with van der Waals surface area (Å²) in [4.78, 5) is 17.5. The number of nitro groups is 1. The Bertz CT molecular complexity index is 528. The van der Waals surface area contributed by atoms with Crippen molar-refractivity contribution in [2.75, 3.05) is 36.5 Å². The summed E-state index contributed by atoms with van der Waals surface area (Å²) >= 11 is 2.01. The number of rotatable bonds is 5. The zero-order valence-electron chi connectivity index (χ0n) is 12.7. The highest BCUT2D eigenvalue weighted by molar-refractivity contribution is 7.99. The van der Waals surface area contributed by atoms with E-state index < -0.39 is 0 Å². The molecule has 22 heavy (non-hydrogen) atoms. The van der Waals surface area contributed by atoms with Gasteiger partial charge in [0.15, 0.2) is 0 Å². The van der Waals surface area contributed by atoms with Crippen LogP contribution in [0.2, 0.25) is 0 Å². The molecule has 1 saturated heterocycles. The summed E-state index contributed by atoms with van der Waals surface area (Å²) in [6, 6.07) is 3.12. The van der Waals surface area contributed by atoms with Gasteiger partial charge in [0.1, 0.15) is 0 Å². The molecule has 0 atom stereocenters. The molecular weight excluding hydrogens is 300 g/mol. The van der Waals surface area contributed by atoms with Gasteiger partial charge >= 0.3 is 5.69 Å². The normalized spacial score (nSPS) is 21.6. The molecule has 1 saturated carbocycles. The average molecular weight is 322 g/mol. The van der Waals surface area contributed by atoms with Crippen molar-refractivity contribution in [3.05, 3.63) is 28.4 Å². The lowest BCUT2D eigenvalue weighted by molar-refractivity contribution is -0.384. The third-order valence-electron chi connectivity index (χ3n) is 4.78. The lowest BCUT2D eigenvalue weighted by atomic mass is 9.94. The summed E-state index contributed by atoms with van der Waals surface area (Å²) in [6.07, 6.45) is 6.44. The molecule has 0 unspecified atom stereocenters. The molecular formula is C15H22N4O2S. The average Bonchev–Trinajstić information content (AvgIpc) is 3.04. The molecule has 0 spiro atoms. The van der Waals surface area contributed by atoms with Crippen molar-refractivity contribution in [3.8, 4) is 0 Å². The summed E-state index contributed by atoms with van der Waals surface area (Å²) in [6.45, 7) is 2.99. The zero-order chi connectivity index (χ0) is 15.4. The Balaban J connectivity index is 1.73. The number of hydrogen-bond acceptors (Lipinski definition) is 6. The van der Waals surface area contributed by atoms with Crippen molar-refractivity contribution in [2.45, 2.75) is 31.2 Å². The van der Waals surface area contributed by atoms with Crippen LogP contribution >= 0.6 is 11.8 Å². The topological polar surface area (TPSA) is 71.3 Å². The lowest BCUT2D eigenvalue weighted by Gasteiger charge is -2.43. The monoisotopic (exact) mass is 322 g/mol. The first-order chi connectivity index (χ1) is 10.7. The minimum Gasteiger partial charge on any atom is -0.362 e. The number of hydrogen-bond donors (Lipinski definition) is 1. The summed E-state index contributed by atoms with van der Waals surface area (Å²) in [5, 5.41) is 14.4. The third-order valence-corrected chi connectivity index (χ3v) is 5.73. The van der Waals surface area contributed by atoms with E-state index >= 15 is 0 Å². The molecule has 0 radical (unpaired) electrons. The Morgan fingerprint density at radius 3 is 2.77 bits per heavy atom. The van der Waals surface area contributed by atoms with Gasteiger partial charge in [-0.25, -0.2) is 4.98 Å². The SMILES string of the molecule is O=[N+]([O-])c1cccnc1NCC1(N2CCSCC2)CCCC1. The number of anilines is 1. The Labute approximate surface area is 134 Å². The summed E-state index contributed by atoms with van der Waals surface area (Å²) < 4.78 is 0. The maximum atomic E-state index is 11.1. The van der Waals surface area contributed by atoms with E-state index in [2.05, 4.69) is 15.2 Å². The Hall–Kier alpha value is -1.34. The molecule has 2 aliphatic rings.